The molecule has 0 saturated heterocycles. The molecule has 0 spiro atoms. The van der Waals surface area contributed by atoms with Crippen LogP contribution in [-0.4, -0.2) is 32.5 Å². The predicted molar refractivity (Wildman–Crippen MR) is 104 cm³/mol. The summed E-state index contributed by atoms with van der Waals surface area (Å²) in [5.41, 5.74) is 1.97. The summed E-state index contributed by atoms with van der Waals surface area (Å²) in [5.74, 6) is 0.815. The van der Waals surface area contributed by atoms with E-state index in [1.165, 1.54) is 11.8 Å². The van der Waals surface area contributed by atoms with Crippen molar-refractivity contribution >= 4 is 17.7 Å². The average molecular weight is 380 g/mol. The molecule has 7 heteroatoms. The maximum atomic E-state index is 12.7. The SMILES string of the molecule is C[C@H](Sc1ncn(-c2ccccc2)n1)C(=O)N[C@@H]1CCOc2ccccc21. The van der Waals surface area contributed by atoms with Gasteiger partial charge >= 0.3 is 0 Å². The normalized spacial score (nSPS) is 16.9. The molecule has 1 amide bonds. The molecule has 27 heavy (non-hydrogen) atoms. The van der Waals surface area contributed by atoms with Gasteiger partial charge in [-0.3, -0.25) is 4.79 Å². The van der Waals surface area contributed by atoms with Crippen LogP contribution in [-0.2, 0) is 4.79 Å². The molecule has 0 aliphatic carbocycles. The molecule has 0 unspecified atom stereocenters. The molecule has 3 aromatic rings. The minimum atomic E-state index is -0.299. The fraction of sp³-hybridized carbons (Fsp3) is 0.250. The molecule has 2 atom stereocenters. The van der Waals surface area contributed by atoms with Crippen molar-refractivity contribution in [3.63, 3.8) is 0 Å². The minimum Gasteiger partial charge on any atom is -0.493 e. The number of aromatic nitrogens is 3. The Bertz CT molecular complexity index is 928. The van der Waals surface area contributed by atoms with E-state index in [9.17, 15) is 4.79 Å². The van der Waals surface area contributed by atoms with Gasteiger partial charge in [0.05, 0.1) is 23.6 Å². The third-order valence-corrected chi connectivity index (χ3v) is 5.38. The van der Waals surface area contributed by atoms with E-state index in [1.807, 2.05) is 61.5 Å². The van der Waals surface area contributed by atoms with Gasteiger partial charge in [0.1, 0.15) is 12.1 Å². The standard InChI is InChI=1S/C20H20N4O2S/c1-14(27-20-21-13-24(23-20)15-7-3-2-4-8-15)19(25)22-17-11-12-26-18-10-6-5-9-16(17)18/h2-10,13-14,17H,11-12H2,1H3,(H,22,25)/t14-,17+/m0/s1. The number of carbonyl (C=O) groups excluding carboxylic acids is 1. The Morgan fingerprint density at radius 2 is 2.00 bits per heavy atom. The summed E-state index contributed by atoms with van der Waals surface area (Å²) in [6.45, 7) is 2.47. The number of amides is 1. The van der Waals surface area contributed by atoms with Crippen LogP contribution in [0.3, 0.4) is 0 Å². The smallest absolute Gasteiger partial charge is 0.233 e. The van der Waals surface area contributed by atoms with E-state index >= 15 is 0 Å². The summed E-state index contributed by atoms with van der Waals surface area (Å²) in [6.07, 6.45) is 2.43. The number of benzene rings is 2. The molecular weight excluding hydrogens is 360 g/mol. The topological polar surface area (TPSA) is 69.0 Å². The van der Waals surface area contributed by atoms with Crippen molar-refractivity contribution in [2.75, 3.05) is 6.61 Å². The van der Waals surface area contributed by atoms with Gasteiger partial charge in [0.25, 0.3) is 0 Å². The van der Waals surface area contributed by atoms with E-state index in [0.29, 0.717) is 11.8 Å². The van der Waals surface area contributed by atoms with Crippen molar-refractivity contribution in [2.45, 2.75) is 29.8 Å². The quantitative estimate of drug-likeness (QED) is 0.687. The third kappa shape index (κ3) is 3.98. The van der Waals surface area contributed by atoms with Crippen LogP contribution in [0.5, 0.6) is 5.75 Å². The van der Waals surface area contributed by atoms with Gasteiger partial charge in [0.15, 0.2) is 0 Å². The Kier molecular flexibility index (Phi) is 5.11. The fourth-order valence-electron chi connectivity index (χ4n) is 3.00. The van der Waals surface area contributed by atoms with Gasteiger partial charge in [-0.25, -0.2) is 9.67 Å². The molecule has 4 rings (SSSR count). The van der Waals surface area contributed by atoms with Crippen molar-refractivity contribution in [3.8, 4) is 11.4 Å². The van der Waals surface area contributed by atoms with Crippen LogP contribution < -0.4 is 10.1 Å². The minimum absolute atomic E-state index is 0.0275. The lowest BCUT2D eigenvalue weighted by Crippen LogP contribution is -2.36. The van der Waals surface area contributed by atoms with E-state index in [1.54, 1.807) is 11.0 Å². The monoisotopic (exact) mass is 380 g/mol. The molecule has 6 nitrogen and oxygen atoms in total. The number of ether oxygens (including phenoxy) is 1. The number of rotatable bonds is 5. The first-order chi connectivity index (χ1) is 13.2. The number of nitrogens with one attached hydrogen (secondary N) is 1. The Morgan fingerprint density at radius 1 is 1.22 bits per heavy atom. The van der Waals surface area contributed by atoms with E-state index in [4.69, 9.17) is 4.74 Å². The zero-order chi connectivity index (χ0) is 18.6. The molecule has 0 saturated carbocycles. The summed E-state index contributed by atoms with van der Waals surface area (Å²) in [6, 6.07) is 17.6. The molecule has 0 bridgehead atoms. The zero-order valence-corrected chi connectivity index (χ0v) is 15.7. The Morgan fingerprint density at radius 3 is 2.85 bits per heavy atom. The summed E-state index contributed by atoms with van der Waals surface area (Å²) < 4.78 is 7.37. The Hall–Kier alpha value is -2.80. The number of hydrogen-bond donors (Lipinski definition) is 1. The fourth-order valence-corrected chi connectivity index (χ4v) is 3.73. The number of thioether (sulfide) groups is 1. The van der Waals surface area contributed by atoms with Crippen LogP contribution in [0.4, 0.5) is 0 Å². The highest BCUT2D eigenvalue weighted by atomic mass is 32.2. The van der Waals surface area contributed by atoms with E-state index in [2.05, 4.69) is 15.4 Å². The van der Waals surface area contributed by atoms with Crippen molar-refractivity contribution in [1.82, 2.24) is 20.1 Å². The second-order valence-corrected chi connectivity index (χ2v) is 7.61. The Balaban J connectivity index is 1.40. The molecule has 2 heterocycles. The molecule has 2 aromatic carbocycles. The second kappa shape index (κ2) is 7.84. The summed E-state index contributed by atoms with van der Waals surface area (Å²) in [7, 11) is 0. The first-order valence-electron chi connectivity index (χ1n) is 8.86. The molecule has 0 radical (unpaired) electrons. The van der Waals surface area contributed by atoms with Crippen LogP contribution in [0.15, 0.2) is 66.1 Å². The zero-order valence-electron chi connectivity index (χ0n) is 14.9. The highest BCUT2D eigenvalue weighted by Crippen LogP contribution is 2.32. The highest BCUT2D eigenvalue weighted by Gasteiger charge is 2.25. The van der Waals surface area contributed by atoms with Crippen LogP contribution >= 0.6 is 11.8 Å². The van der Waals surface area contributed by atoms with Gasteiger partial charge in [0, 0.05) is 12.0 Å². The van der Waals surface area contributed by atoms with Crippen molar-refractivity contribution in [1.29, 1.82) is 0 Å². The average Bonchev–Trinajstić information content (AvgIpc) is 3.17. The maximum absolute atomic E-state index is 12.7. The summed E-state index contributed by atoms with van der Waals surface area (Å²) >= 11 is 1.35. The number of carbonyl (C=O) groups is 1. The second-order valence-electron chi connectivity index (χ2n) is 6.30. The number of para-hydroxylation sites is 2. The number of nitrogens with zero attached hydrogens (tertiary/aromatic N) is 3. The van der Waals surface area contributed by atoms with Crippen LogP contribution in [0.2, 0.25) is 0 Å². The molecule has 1 N–H and O–H groups in total. The molecule has 138 valence electrons. The van der Waals surface area contributed by atoms with Crippen LogP contribution in [0.25, 0.3) is 5.69 Å². The third-order valence-electron chi connectivity index (χ3n) is 4.42. The molecular formula is C20H20N4O2S. The molecule has 0 fully saturated rings. The lowest BCUT2D eigenvalue weighted by Gasteiger charge is -2.27. The largest absolute Gasteiger partial charge is 0.493 e. The number of hydrogen-bond acceptors (Lipinski definition) is 5. The van der Waals surface area contributed by atoms with E-state index in [0.717, 1.165) is 23.4 Å². The molecule has 1 aliphatic heterocycles. The van der Waals surface area contributed by atoms with Gasteiger partial charge in [-0.05, 0) is 25.1 Å². The predicted octanol–water partition coefficient (Wildman–Crippen LogP) is 3.39. The van der Waals surface area contributed by atoms with Crippen molar-refractivity contribution in [3.05, 3.63) is 66.5 Å². The molecule has 1 aromatic heterocycles. The van der Waals surface area contributed by atoms with Gasteiger partial charge in [-0.1, -0.05) is 48.2 Å². The summed E-state index contributed by atoms with van der Waals surface area (Å²) in [4.78, 5) is 17.0. The summed E-state index contributed by atoms with van der Waals surface area (Å²) in [5, 5.41) is 7.86. The van der Waals surface area contributed by atoms with Gasteiger partial charge < -0.3 is 10.1 Å². The Labute approximate surface area is 162 Å². The van der Waals surface area contributed by atoms with Crippen molar-refractivity contribution < 1.29 is 9.53 Å². The van der Waals surface area contributed by atoms with Crippen LogP contribution in [0, 0.1) is 0 Å². The van der Waals surface area contributed by atoms with E-state index < -0.39 is 0 Å². The van der Waals surface area contributed by atoms with Gasteiger partial charge in [0.2, 0.25) is 11.1 Å². The van der Waals surface area contributed by atoms with Crippen molar-refractivity contribution in [2.24, 2.45) is 0 Å². The van der Waals surface area contributed by atoms with Gasteiger partial charge in [-0.15, -0.1) is 5.10 Å². The van der Waals surface area contributed by atoms with Gasteiger partial charge in [-0.2, -0.15) is 0 Å². The van der Waals surface area contributed by atoms with Crippen LogP contribution in [0.1, 0.15) is 24.9 Å². The van der Waals surface area contributed by atoms with E-state index in [-0.39, 0.29) is 17.2 Å². The first kappa shape index (κ1) is 17.6. The lowest BCUT2D eigenvalue weighted by atomic mass is 10.0. The molecule has 1 aliphatic rings. The highest BCUT2D eigenvalue weighted by molar-refractivity contribution is 8.00. The lowest BCUT2D eigenvalue weighted by molar-refractivity contribution is -0.121. The first-order valence-corrected chi connectivity index (χ1v) is 9.74. The number of fused-ring (bicyclic) bond motifs is 1. The maximum Gasteiger partial charge on any atom is 0.233 e.